The minimum absolute atomic E-state index is 0.0392. The Bertz CT molecular complexity index is 1750. The number of ether oxygens (including phenoxy) is 4. The number of likely N-dealkylation sites (N-methyl/N-ethyl adjacent to an activating group) is 1. The molecule has 1 atom stereocenters. The first kappa shape index (κ1) is 32.9. The summed E-state index contributed by atoms with van der Waals surface area (Å²) < 4.78 is 24.0. The summed E-state index contributed by atoms with van der Waals surface area (Å²) >= 11 is 0. The fraction of sp³-hybridized carbons (Fsp3) is 0.500. The van der Waals surface area contributed by atoms with Gasteiger partial charge in [-0.1, -0.05) is 40.8 Å². The van der Waals surface area contributed by atoms with Crippen LogP contribution in [0.15, 0.2) is 29.1 Å². The van der Waals surface area contributed by atoms with Crippen LogP contribution in [0.3, 0.4) is 0 Å². The van der Waals surface area contributed by atoms with Crippen LogP contribution in [0.25, 0.3) is 22.3 Å². The van der Waals surface area contributed by atoms with Gasteiger partial charge in [0.1, 0.15) is 12.4 Å². The second kappa shape index (κ2) is 11.7. The van der Waals surface area contributed by atoms with Crippen molar-refractivity contribution in [1.29, 1.82) is 0 Å². The number of hydrogen-bond acceptors (Lipinski definition) is 10. The van der Waals surface area contributed by atoms with E-state index >= 15 is 0 Å². The Morgan fingerprint density at radius 1 is 1.22 bits per heavy atom. The second-order valence-electron chi connectivity index (χ2n) is 13.5. The first-order valence-electron chi connectivity index (χ1n) is 15.2. The van der Waals surface area contributed by atoms with Gasteiger partial charge in [0.25, 0.3) is 5.56 Å². The van der Waals surface area contributed by atoms with Crippen LogP contribution in [0.4, 0.5) is 0 Å². The maximum Gasteiger partial charge on any atom is 0.376 e. The largest absolute Gasteiger partial charge is 0.468 e. The lowest BCUT2D eigenvalue weighted by molar-refractivity contribution is -0.189. The van der Waals surface area contributed by atoms with E-state index in [9.17, 15) is 19.4 Å². The fourth-order valence-electron chi connectivity index (χ4n) is 6.08. The molecule has 240 valence electrons. The summed E-state index contributed by atoms with van der Waals surface area (Å²) in [5.41, 5.74) is 1.46. The fourth-order valence-corrected chi connectivity index (χ4v) is 8.66. The second-order valence-corrected chi connectivity index (χ2v) is 18.8. The number of benzene rings is 1. The maximum atomic E-state index is 14.2. The summed E-state index contributed by atoms with van der Waals surface area (Å²) in [6.45, 7) is 14.6. The minimum atomic E-state index is -2.25. The van der Waals surface area contributed by atoms with Crippen molar-refractivity contribution in [3.8, 4) is 17.1 Å². The molecular formula is C32H42BN3O8Si. The molecule has 0 saturated carbocycles. The van der Waals surface area contributed by atoms with Crippen LogP contribution >= 0.6 is 0 Å². The van der Waals surface area contributed by atoms with E-state index in [0.29, 0.717) is 29.2 Å². The zero-order valence-electron chi connectivity index (χ0n) is 27.6. The van der Waals surface area contributed by atoms with E-state index in [0.717, 1.165) is 16.5 Å². The normalized spacial score (nSPS) is 17.5. The lowest BCUT2D eigenvalue weighted by atomic mass is 9.85. The number of nitrogens with zero attached hydrogens (tertiary/aromatic N) is 3. The number of fused-ring (bicyclic) bond motifs is 5. The molecule has 2 aliphatic heterocycles. The number of methoxy groups -OCH3 is 1. The Labute approximate surface area is 264 Å². The SMILES string of the molecule is CC[C@@]1(OC(=O)CN(C)B(C)O)C(=O)OCc2c1cc1n(c2=O)Cc2c-1nc1ccc(OCOC)cc1c2[Si](C)(C)C(C)(C)C. The lowest BCUT2D eigenvalue weighted by Crippen LogP contribution is -2.51. The van der Waals surface area contributed by atoms with Gasteiger partial charge in [-0.25, -0.2) is 9.78 Å². The first-order chi connectivity index (χ1) is 21.1. The Balaban J connectivity index is 1.74. The van der Waals surface area contributed by atoms with Crippen LogP contribution in [0.2, 0.25) is 25.0 Å². The molecule has 2 aromatic heterocycles. The molecule has 11 nitrogen and oxygen atoms in total. The average Bonchev–Trinajstić information content (AvgIpc) is 3.33. The van der Waals surface area contributed by atoms with Crippen LogP contribution in [-0.2, 0) is 42.6 Å². The third-order valence-electron chi connectivity index (χ3n) is 9.77. The van der Waals surface area contributed by atoms with Gasteiger partial charge in [0.15, 0.2) is 6.79 Å². The lowest BCUT2D eigenvalue weighted by Gasteiger charge is -2.39. The van der Waals surface area contributed by atoms with Gasteiger partial charge in [0.05, 0.1) is 43.6 Å². The number of hydrogen-bond donors (Lipinski definition) is 1. The number of aromatic nitrogens is 2. The molecule has 1 aromatic carbocycles. The summed E-state index contributed by atoms with van der Waals surface area (Å²) in [5.74, 6) is -0.785. The van der Waals surface area contributed by atoms with Crippen molar-refractivity contribution < 1.29 is 33.6 Å². The number of esters is 2. The standard InChI is InChI=1S/C32H42BN3O8Si/c1-10-32(44-26(37)16-35(6)33(5)40)23-14-25-27-21(15-36(25)29(38)22(23)17-42-30(32)39)28(45(8,9)31(2,3)4)20-13-19(43-18-41-7)11-12-24(20)34-27/h11-14,40H,10,15-18H2,1-9H3/t32-/m0/s1. The number of cyclic esters (lactones) is 1. The van der Waals surface area contributed by atoms with Gasteiger partial charge in [-0.05, 0) is 60.3 Å². The minimum Gasteiger partial charge on any atom is -0.468 e. The summed E-state index contributed by atoms with van der Waals surface area (Å²) in [5, 5.41) is 12.0. The molecule has 0 radical (unpaired) electrons. The van der Waals surface area contributed by atoms with Crippen molar-refractivity contribution >= 4 is 43.2 Å². The van der Waals surface area contributed by atoms with E-state index in [1.807, 2.05) is 18.2 Å². The zero-order chi connectivity index (χ0) is 33.1. The van der Waals surface area contributed by atoms with Crippen LogP contribution in [0.5, 0.6) is 5.75 Å². The van der Waals surface area contributed by atoms with Crippen molar-refractivity contribution in [1.82, 2.24) is 14.4 Å². The number of carbonyl (C=O) groups is 2. The molecule has 0 saturated heterocycles. The molecule has 0 fully saturated rings. The third-order valence-corrected chi connectivity index (χ3v) is 15.3. The summed E-state index contributed by atoms with van der Waals surface area (Å²) in [4.78, 5) is 47.1. The predicted octanol–water partition coefficient (Wildman–Crippen LogP) is 3.37. The van der Waals surface area contributed by atoms with Crippen molar-refractivity contribution in [2.45, 2.75) is 77.8 Å². The summed E-state index contributed by atoms with van der Waals surface area (Å²) in [6.07, 6.45) is 0.0589. The highest BCUT2D eigenvalue weighted by atomic mass is 28.3. The molecule has 0 unspecified atom stereocenters. The highest BCUT2D eigenvalue weighted by Crippen LogP contribution is 2.43. The molecule has 0 aliphatic carbocycles. The van der Waals surface area contributed by atoms with Gasteiger partial charge in [0, 0.05) is 18.1 Å². The van der Waals surface area contributed by atoms with Gasteiger partial charge in [-0.3, -0.25) is 9.59 Å². The van der Waals surface area contributed by atoms with E-state index in [1.54, 1.807) is 31.7 Å². The van der Waals surface area contributed by atoms with Crippen LogP contribution in [0.1, 0.15) is 50.8 Å². The molecular weight excluding hydrogens is 593 g/mol. The van der Waals surface area contributed by atoms with E-state index in [1.165, 1.54) is 16.8 Å². The molecule has 3 aromatic rings. The van der Waals surface area contributed by atoms with Crippen molar-refractivity contribution in [2.24, 2.45) is 0 Å². The van der Waals surface area contributed by atoms with Crippen LogP contribution < -0.4 is 15.5 Å². The Morgan fingerprint density at radius 3 is 2.56 bits per heavy atom. The topological polar surface area (TPSA) is 129 Å². The highest BCUT2D eigenvalue weighted by Gasteiger charge is 2.51. The number of pyridine rings is 2. The van der Waals surface area contributed by atoms with E-state index in [-0.39, 0.29) is 42.5 Å². The molecule has 4 heterocycles. The average molecular weight is 636 g/mol. The van der Waals surface area contributed by atoms with Gasteiger partial charge >= 0.3 is 19.0 Å². The molecule has 0 spiro atoms. The smallest absolute Gasteiger partial charge is 0.376 e. The Morgan fingerprint density at radius 2 is 1.93 bits per heavy atom. The number of rotatable bonds is 9. The van der Waals surface area contributed by atoms with Gasteiger partial charge in [-0.15, -0.1) is 0 Å². The van der Waals surface area contributed by atoms with E-state index in [2.05, 4.69) is 33.9 Å². The van der Waals surface area contributed by atoms with Crippen LogP contribution in [-0.4, -0.2) is 73.9 Å². The summed E-state index contributed by atoms with van der Waals surface area (Å²) in [7, 11) is -0.0111. The zero-order valence-corrected chi connectivity index (χ0v) is 28.6. The van der Waals surface area contributed by atoms with E-state index < -0.39 is 32.7 Å². The quantitative estimate of drug-likeness (QED) is 0.166. The van der Waals surface area contributed by atoms with Gasteiger partial charge in [-0.2, -0.15) is 0 Å². The molecule has 1 N–H and O–H groups in total. The Hall–Kier alpha value is -3.52. The van der Waals surface area contributed by atoms with E-state index in [4.69, 9.17) is 23.9 Å². The van der Waals surface area contributed by atoms with Gasteiger partial charge in [0.2, 0.25) is 5.60 Å². The molecule has 5 rings (SSSR count). The molecule has 0 bridgehead atoms. The van der Waals surface area contributed by atoms with Gasteiger partial charge < -0.3 is 33.3 Å². The number of carbonyl (C=O) groups excluding carboxylic acids is 2. The predicted molar refractivity (Wildman–Crippen MR) is 174 cm³/mol. The Kier molecular flexibility index (Phi) is 8.53. The third kappa shape index (κ3) is 5.39. The van der Waals surface area contributed by atoms with Crippen molar-refractivity contribution in [2.75, 3.05) is 27.5 Å². The molecule has 2 aliphatic rings. The highest BCUT2D eigenvalue weighted by molar-refractivity contribution is 6.94. The molecule has 0 amide bonds. The first-order valence-corrected chi connectivity index (χ1v) is 18.2. The molecule has 45 heavy (non-hydrogen) atoms. The molecule has 13 heteroatoms. The van der Waals surface area contributed by atoms with Crippen molar-refractivity contribution in [3.63, 3.8) is 0 Å². The maximum absolute atomic E-state index is 14.2. The van der Waals surface area contributed by atoms with Crippen LogP contribution in [0, 0.1) is 0 Å². The monoisotopic (exact) mass is 635 g/mol. The summed E-state index contributed by atoms with van der Waals surface area (Å²) in [6, 6.07) is 7.56. The van der Waals surface area contributed by atoms with Crippen molar-refractivity contribution in [3.05, 3.63) is 51.3 Å².